The fourth-order valence-electron chi connectivity index (χ4n) is 2.11. The summed E-state index contributed by atoms with van der Waals surface area (Å²) in [5.41, 5.74) is 0.623. The van der Waals surface area contributed by atoms with Gasteiger partial charge < -0.3 is 10.2 Å². The molecule has 17 heavy (non-hydrogen) atoms. The van der Waals surface area contributed by atoms with Crippen molar-refractivity contribution in [3.8, 4) is 0 Å². The van der Waals surface area contributed by atoms with Gasteiger partial charge in [-0.1, -0.05) is 6.92 Å². The van der Waals surface area contributed by atoms with Crippen molar-refractivity contribution in [1.82, 2.24) is 9.97 Å². The average molecular weight is 255 g/mol. The second kappa shape index (κ2) is 4.49. The minimum absolute atomic E-state index is 0.0142. The summed E-state index contributed by atoms with van der Waals surface area (Å²) in [6.07, 6.45) is 2.27. The van der Waals surface area contributed by atoms with Crippen LogP contribution < -0.4 is 10.2 Å². The molecule has 0 aromatic carbocycles. The zero-order valence-electron chi connectivity index (χ0n) is 10.1. The smallest absolute Gasteiger partial charge is 0.247 e. The molecule has 0 fully saturated rings. The van der Waals surface area contributed by atoms with Gasteiger partial charge in [0.1, 0.15) is 11.7 Å². The van der Waals surface area contributed by atoms with E-state index in [2.05, 4.69) is 15.3 Å². The van der Waals surface area contributed by atoms with Crippen molar-refractivity contribution in [3.63, 3.8) is 0 Å². The predicted molar refractivity (Wildman–Crippen MR) is 67.4 cm³/mol. The Hall–Kier alpha value is -1.36. The van der Waals surface area contributed by atoms with Crippen LogP contribution in [-0.2, 0) is 4.79 Å². The third kappa shape index (κ3) is 2.07. The molecular formula is C11H15ClN4O. The highest BCUT2D eigenvalue weighted by Gasteiger charge is 2.34. The highest BCUT2D eigenvalue weighted by molar-refractivity contribution is 6.28. The number of carbonyl (C=O) groups excluding carboxylic acids is 1. The summed E-state index contributed by atoms with van der Waals surface area (Å²) < 4.78 is 0. The minimum atomic E-state index is -0.200. The summed E-state index contributed by atoms with van der Waals surface area (Å²) in [6.45, 7) is 6.04. The summed E-state index contributed by atoms with van der Waals surface area (Å²) in [7, 11) is 0. The number of nitrogens with zero attached hydrogens (tertiary/aromatic N) is 3. The Morgan fingerprint density at radius 1 is 1.59 bits per heavy atom. The van der Waals surface area contributed by atoms with Crippen LogP contribution in [0.5, 0.6) is 0 Å². The van der Waals surface area contributed by atoms with E-state index in [-0.39, 0.29) is 23.3 Å². The van der Waals surface area contributed by atoms with E-state index >= 15 is 0 Å². The molecule has 2 heterocycles. The maximum Gasteiger partial charge on any atom is 0.247 e. The Bertz CT molecular complexity index is 449. The van der Waals surface area contributed by atoms with Crippen molar-refractivity contribution < 1.29 is 4.79 Å². The number of hydrogen-bond acceptors (Lipinski definition) is 4. The van der Waals surface area contributed by atoms with Gasteiger partial charge in [0, 0.05) is 6.04 Å². The third-order valence-corrected chi connectivity index (χ3v) is 3.01. The fraction of sp³-hybridized carbons (Fsp3) is 0.545. The van der Waals surface area contributed by atoms with E-state index in [9.17, 15) is 4.79 Å². The number of anilines is 2. The largest absolute Gasteiger partial charge is 0.340 e. The van der Waals surface area contributed by atoms with Gasteiger partial charge in [-0.2, -0.15) is 4.98 Å². The van der Waals surface area contributed by atoms with Crippen LogP contribution in [0.3, 0.4) is 0 Å². The standard InChI is InChI=1S/C11H15ClN4O/c1-4-8-10(17)14-7-5-13-11(12)15-9(7)16(8)6(2)3/h5-6,8H,4H2,1-3H3,(H,14,17). The zero-order chi connectivity index (χ0) is 12.6. The monoisotopic (exact) mass is 254 g/mol. The molecule has 92 valence electrons. The average Bonchev–Trinajstić information content (AvgIpc) is 2.27. The Kier molecular flexibility index (Phi) is 3.19. The van der Waals surface area contributed by atoms with Gasteiger partial charge in [-0.3, -0.25) is 4.79 Å². The number of hydrogen-bond donors (Lipinski definition) is 1. The molecule has 0 aliphatic carbocycles. The van der Waals surface area contributed by atoms with Crippen LogP contribution in [0.4, 0.5) is 11.5 Å². The van der Waals surface area contributed by atoms with E-state index in [0.29, 0.717) is 11.5 Å². The number of carbonyl (C=O) groups is 1. The van der Waals surface area contributed by atoms with Crippen molar-refractivity contribution in [3.05, 3.63) is 11.5 Å². The molecule has 1 aliphatic heterocycles. The molecule has 1 amide bonds. The molecule has 2 rings (SSSR count). The highest BCUT2D eigenvalue weighted by atomic mass is 35.5. The SMILES string of the molecule is CCC1C(=O)Nc2cnc(Cl)nc2N1C(C)C. The second-order valence-corrected chi connectivity index (χ2v) is 4.63. The van der Waals surface area contributed by atoms with E-state index in [0.717, 1.165) is 6.42 Å². The number of fused-ring (bicyclic) bond motifs is 1. The van der Waals surface area contributed by atoms with Crippen molar-refractivity contribution in [2.24, 2.45) is 0 Å². The molecule has 5 nitrogen and oxygen atoms in total. The number of nitrogens with one attached hydrogen (secondary N) is 1. The third-order valence-electron chi connectivity index (χ3n) is 2.82. The van der Waals surface area contributed by atoms with Crippen LogP contribution in [0.1, 0.15) is 27.2 Å². The lowest BCUT2D eigenvalue weighted by atomic mass is 10.1. The van der Waals surface area contributed by atoms with Crippen molar-refractivity contribution in [2.75, 3.05) is 10.2 Å². The topological polar surface area (TPSA) is 58.1 Å². The first-order chi connectivity index (χ1) is 8.04. The first kappa shape index (κ1) is 12.1. The van der Waals surface area contributed by atoms with Gasteiger partial charge in [0.15, 0.2) is 5.82 Å². The molecule has 0 saturated heterocycles. The van der Waals surface area contributed by atoms with Crippen LogP contribution >= 0.6 is 11.6 Å². The van der Waals surface area contributed by atoms with E-state index in [4.69, 9.17) is 11.6 Å². The van der Waals surface area contributed by atoms with Crippen molar-refractivity contribution in [2.45, 2.75) is 39.3 Å². The first-order valence-corrected chi connectivity index (χ1v) is 6.04. The second-order valence-electron chi connectivity index (χ2n) is 4.29. The number of rotatable bonds is 2. The zero-order valence-corrected chi connectivity index (χ0v) is 10.8. The number of amides is 1. The molecule has 1 N–H and O–H groups in total. The van der Waals surface area contributed by atoms with Crippen molar-refractivity contribution >= 4 is 29.0 Å². The van der Waals surface area contributed by atoms with Crippen LogP contribution in [0.2, 0.25) is 5.28 Å². The Balaban J connectivity index is 2.52. The van der Waals surface area contributed by atoms with Gasteiger partial charge in [0.2, 0.25) is 11.2 Å². The minimum Gasteiger partial charge on any atom is -0.340 e. The van der Waals surface area contributed by atoms with E-state index < -0.39 is 0 Å². The Morgan fingerprint density at radius 2 is 2.29 bits per heavy atom. The van der Waals surface area contributed by atoms with E-state index in [1.165, 1.54) is 0 Å². The maximum atomic E-state index is 11.9. The van der Waals surface area contributed by atoms with Gasteiger partial charge in [0.05, 0.1) is 6.20 Å². The normalized spacial score (nSPS) is 19.2. The molecular weight excluding hydrogens is 240 g/mol. The molecule has 1 unspecified atom stereocenters. The van der Waals surface area contributed by atoms with Gasteiger partial charge in [-0.05, 0) is 31.9 Å². The fourth-order valence-corrected chi connectivity index (χ4v) is 2.24. The molecule has 0 saturated carbocycles. The van der Waals surface area contributed by atoms with Gasteiger partial charge in [0.25, 0.3) is 0 Å². The molecule has 0 bridgehead atoms. The molecule has 1 atom stereocenters. The molecule has 1 aliphatic rings. The first-order valence-electron chi connectivity index (χ1n) is 5.66. The summed E-state index contributed by atoms with van der Waals surface area (Å²) in [5, 5.41) is 3.00. The highest BCUT2D eigenvalue weighted by Crippen LogP contribution is 2.32. The molecule has 1 aromatic heterocycles. The number of aromatic nitrogens is 2. The lowest BCUT2D eigenvalue weighted by Gasteiger charge is -2.39. The van der Waals surface area contributed by atoms with Crippen molar-refractivity contribution in [1.29, 1.82) is 0 Å². The summed E-state index contributed by atoms with van der Waals surface area (Å²) in [4.78, 5) is 22.0. The summed E-state index contributed by atoms with van der Waals surface area (Å²) in [5.74, 6) is 0.686. The summed E-state index contributed by atoms with van der Waals surface area (Å²) in [6, 6.07) is -0.0239. The predicted octanol–water partition coefficient (Wildman–Crippen LogP) is 2.08. The Labute approximate surface area is 105 Å². The lowest BCUT2D eigenvalue weighted by molar-refractivity contribution is -0.117. The number of halogens is 1. The van der Waals surface area contributed by atoms with Crippen LogP contribution in [0, 0.1) is 0 Å². The molecule has 0 spiro atoms. The Morgan fingerprint density at radius 3 is 2.88 bits per heavy atom. The van der Waals surface area contributed by atoms with Gasteiger partial charge in [-0.25, -0.2) is 4.98 Å². The van der Waals surface area contributed by atoms with E-state index in [1.807, 2.05) is 25.7 Å². The summed E-state index contributed by atoms with van der Waals surface area (Å²) >= 11 is 5.81. The van der Waals surface area contributed by atoms with Crippen LogP contribution in [0.15, 0.2) is 6.20 Å². The molecule has 0 radical (unpaired) electrons. The van der Waals surface area contributed by atoms with Gasteiger partial charge >= 0.3 is 0 Å². The maximum absolute atomic E-state index is 11.9. The molecule has 1 aromatic rings. The lowest BCUT2D eigenvalue weighted by Crippen LogP contribution is -2.51. The quantitative estimate of drug-likeness (QED) is 0.821. The van der Waals surface area contributed by atoms with Crippen LogP contribution in [-0.4, -0.2) is 28.0 Å². The molecule has 6 heteroatoms. The van der Waals surface area contributed by atoms with E-state index in [1.54, 1.807) is 6.20 Å². The van der Waals surface area contributed by atoms with Gasteiger partial charge in [-0.15, -0.1) is 0 Å². The van der Waals surface area contributed by atoms with Crippen LogP contribution in [0.25, 0.3) is 0 Å².